The largest absolute Gasteiger partial charge is 0.494 e. The maximum atomic E-state index is 12.9. The fourth-order valence-electron chi connectivity index (χ4n) is 2.55. The summed E-state index contributed by atoms with van der Waals surface area (Å²) in [5.41, 5.74) is 2.93. The molecule has 2 aromatic heterocycles. The summed E-state index contributed by atoms with van der Waals surface area (Å²) >= 11 is 0. The van der Waals surface area contributed by atoms with E-state index in [1.54, 1.807) is 18.5 Å². The van der Waals surface area contributed by atoms with Crippen LogP contribution in [0.1, 0.15) is 16.7 Å². The molecule has 0 saturated heterocycles. The van der Waals surface area contributed by atoms with E-state index in [-0.39, 0.29) is 10.8 Å². The van der Waals surface area contributed by atoms with Crippen LogP contribution in [0.25, 0.3) is 0 Å². The number of fused-ring (bicyclic) bond motifs is 1. The first-order valence-corrected chi connectivity index (χ1v) is 8.39. The van der Waals surface area contributed by atoms with Gasteiger partial charge in [-0.25, -0.2) is 13.4 Å². The first-order chi connectivity index (χ1) is 10.5. The van der Waals surface area contributed by atoms with Crippen molar-refractivity contribution in [2.24, 2.45) is 0 Å². The van der Waals surface area contributed by atoms with Gasteiger partial charge in [0.05, 0.1) is 7.11 Å². The van der Waals surface area contributed by atoms with Gasteiger partial charge in [0, 0.05) is 31.7 Å². The average Bonchev–Trinajstić information content (AvgIpc) is 2.54. The maximum absolute atomic E-state index is 12.9. The minimum atomic E-state index is -3.69. The van der Waals surface area contributed by atoms with E-state index in [0.29, 0.717) is 19.5 Å². The Morgan fingerprint density at radius 3 is 2.86 bits per heavy atom. The van der Waals surface area contributed by atoms with Gasteiger partial charge >= 0.3 is 0 Å². The molecule has 0 atom stereocenters. The predicted octanol–water partition coefficient (Wildman–Crippen LogP) is 1.54. The maximum Gasteiger partial charge on any atom is 0.264 e. The number of methoxy groups -OCH3 is 1. The molecule has 0 aliphatic carbocycles. The fraction of sp³-hybridized carbons (Fsp3) is 0.333. The van der Waals surface area contributed by atoms with Crippen LogP contribution in [0, 0.1) is 6.92 Å². The number of nitrogens with zero attached hydrogens (tertiary/aromatic N) is 3. The molecule has 0 spiro atoms. The Labute approximate surface area is 129 Å². The lowest BCUT2D eigenvalue weighted by Gasteiger charge is -2.27. The van der Waals surface area contributed by atoms with Gasteiger partial charge in [0.1, 0.15) is 0 Å². The highest BCUT2D eigenvalue weighted by atomic mass is 32.2. The molecule has 1 aliphatic rings. The van der Waals surface area contributed by atoms with Gasteiger partial charge in [-0.1, -0.05) is 0 Å². The molecule has 7 heteroatoms. The summed E-state index contributed by atoms with van der Waals surface area (Å²) in [5.74, 6) is 0.278. The third kappa shape index (κ3) is 2.57. The number of rotatable bonds is 3. The van der Waals surface area contributed by atoms with Crippen molar-refractivity contribution in [2.45, 2.75) is 24.9 Å². The van der Waals surface area contributed by atoms with E-state index in [1.807, 2.05) is 13.0 Å². The topological polar surface area (TPSA) is 72.4 Å². The van der Waals surface area contributed by atoms with E-state index in [1.165, 1.54) is 17.6 Å². The Hall–Kier alpha value is -1.99. The molecular weight excluding hydrogens is 302 g/mol. The smallest absolute Gasteiger partial charge is 0.264 e. The molecule has 6 nitrogen and oxygen atoms in total. The molecule has 2 aromatic rings. The van der Waals surface area contributed by atoms with Gasteiger partial charge in [0.2, 0.25) is 5.03 Å². The quantitative estimate of drug-likeness (QED) is 0.858. The molecule has 22 heavy (non-hydrogen) atoms. The second kappa shape index (κ2) is 5.66. The molecule has 0 unspecified atom stereocenters. The highest BCUT2D eigenvalue weighted by Crippen LogP contribution is 2.28. The number of sulfonamides is 1. The molecule has 3 heterocycles. The summed E-state index contributed by atoms with van der Waals surface area (Å²) in [6.07, 6.45) is 5.66. The van der Waals surface area contributed by atoms with Crippen molar-refractivity contribution in [3.05, 3.63) is 47.4 Å². The Morgan fingerprint density at radius 2 is 2.09 bits per heavy atom. The van der Waals surface area contributed by atoms with Crippen LogP contribution in [0.3, 0.4) is 0 Å². The van der Waals surface area contributed by atoms with E-state index in [4.69, 9.17) is 4.74 Å². The van der Waals surface area contributed by atoms with Gasteiger partial charge in [0.25, 0.3) is 10.0 Å². The lowest BCUT2D eigenvalue weighted by atomic mass is 10.0. The zero-order chi connectivity index (χ0) is 15.7. The number of aryl methyl sites for hydroxylation is 1. The van der Waals surface area contributed by atoms with E-state index in [0.717, 1.165) is 16.7 Å². The molecular formula is C15H17N3O3S. The van der Waals surface area contributed by atoms with Crippen LogP contribution in [0.15, 0.2) is 35.7 Å². The van der Waals surface area contributed by atoms with Crippen molar-refractivity contribution in [2.75, 3.05) is 13.7 Å². The van der Waals surface area contributed by atoms with Gasteiger partial charge in [-0.05, 0) is 42.2 Å². The molecule has 116 valence electrons. The van der Waals surface area contributed by atoms with Crippen molar-refractivity contribution < 1.29 is 13.2 Å². The van der Waals surface area contributed by atoms with Crippen molar-refractivity contribution in [3.8, 4) is 5.75 Å². The van der Waals surface area contributed by atoms with Crippen molar-refractivity contribution >= 4 is 10.0 Å². The lowest BCUT2D eigenvalue weighted by molar-refractivity contribution is 0.372. The van der Waals surface area contributed by atoms with E-state index in [9.17, 15) is 8.42 Å². The minimum absolute atomic E-state index is 0.0295. The van der Waals surface area contributed by atoms with E-state index >= 15 is 0 Å². The zero-order valence-corrected chi connectivity index (χ0v) is 13.3. The fourth-order valence-corrected chi connectivity index (χ4v) is 4.01. The number of ether oxygens (including phenoxy) is 1. The second-order valence-corrected chi connectivity index (χ2v) is 7.11. The van der Waals surface area contributed by atoms with Gasteiger partial charge < -0.3 is 4.74 Å². The van der Waals surface area contributed by atoms with E-state index < -0.39 is 10.0 Å². The van der Waals surface area contributed by atoms with Gasteiger partial charge in [0.15, 0.2) is 5.75 Å². The summed E-state index contributed by atoms with van der Waals surface area (Å²) in [5, 5.41) is -0.0295. The molecule has 0 radical (unpaired) electrons. The van der Waals surface area contributed by atoms with E-state index in [2.05, 4.69) is 9.97 Å². The first-order valence-electron chi connectivity index (χ1n) is 6.95. The third-order valence-electron chi connectivity index (χ3n) is 3.74. The van der Waals surface area contributed by atoms with Crippen LogP contribution < -0.4 is 4.74 Å². The van der Waals surface area contributed by atoms with Crippen molar-refractivity contribution in [1.29, 1.82) is 0 Å². The van der Waals surface area contributed by atoms with Crippen molar-refractivity contribution in [1.82, 2.24) is 14.3 Å². The second-order valence-electron chi connectivity index (χ2n) is 5.25. The molecule has 3 rings (SSSR count). The van der Waals surface area contributed by atoms with Gasteiger partial charge in [-0.3, -0.25) is 4.98 Å². The highest BCUT2D eigenvalue weighted by molar-refractivity contribution is 7.89. The van der Waals surface area contributed by atoms with Gasteiger partial charge in [-0.2, -0.15) is 4.31 Å². The lowest BCUT2D eigenvalue weighted by Crippen LogP contribution is -2.36. The zero-order valence-electron chi connectivity index (χ0n) is 12.5. The standard InChI is InChI=1S/C15H17N3O3S/c1-11-7-14(21-2)15(17-8-11)22(19,20)18-6-4-12-9-16-5-3-13(12)10-18/h3,5,7-9H,4,6,10H2,1-2H3. The van der Waals surface area contributed by atoms with Crippen LogP contribution in [0.5, 0.6) is 5.75 Å². The van der Waals surface area contributed by atoms with Crippen LogP contribution in [-0.4, -0.2) is 36.3 Å². The number of hydrogen-bond donors (Lipinski definition) is 0. The van der Waals surface area contributed by atoms with Gasteiger partial charge in [-0.15, -0.1) is 0 Å². The number of hydrogen-bond acceptors (Lipinski definition) is 5. The molecule has 0 saturated carbocycles. The summed E-state index contributed by atoms with van der Waals surface area (Å²) in [7, 11) is -2.24. The monoisotopic (exact) mass is 319 g/mol. The predicted molar refractivity (Wildman–Crippen MR) is 81.1 cm³/mol. The minimum Gasteiger partial charge on any atom is -0.494 e. The summed E-state index contributed by atoms with van der Waals surface area (Å²) in [6, 6.07) is 3.54. The van der Waals surface area contributed by atoms with Crippen molar-refractivity contribution in [3.63, 3.8) is 0 Å². The third-order valence-corrected chi connectivity index (χ3v) is 5.53. The Balaban J connectivity index is 1.98. The number of pyridine rings is 2. The SMILES string of the molecule is COc1cc(C)cnc1S(=O)(=O)N1CCc2cnccc2C1. The Bertz CT molecular complexity index is 805. The molecule has 0 amide bonds. The molecule has 0 bridgehead atoms. The number of aromatic nitrogens is 2. The molecule has 1 aliphatic heterocycles. The summed E-state index contributed by atoms with van der Waals surface area (Å²) < 4.78 is 32.3. The molecule has 0 aromatic carbocycles. The summed E-state index contributed by atoms with van der Waals surface area (Å²) in [4.78, 5) is 8.17. The average molecular weight is 319 g/mol. The van der Waals surface area contributed by atoms with Crippen LogP contribution in [0.2, 0.25) is 0 Å². The first kappa shape index (κ1) is 14.9. The summed E-state index contributed by atoms with van der Waals surface area (Å²) in [6.45, 7) is 2.59. The van der Waals surface area contributed by atoms with Crippen LogP contribution >= 0.6 is 0 Å². The highest BCUT2D eigenvalue weighted by Gasteiger charge is 2.32. The Kier molecular flexibility index (Phi) is 3.84. The Morgan fingerprint density at radius 1 is 1.27 bits per heavy atom. The molecule has 0 N–H and O–H groups in total. The van der Waals surface area contributed by atoms with Crippen LogP contribution in [-0.2, 0) is 23.0 Å². The van der Waals surface area contributed by atoms with Crippen LogP contribution in [0.4, 0.5) is 0 Å². The normalized spacial score (nSPS) is 15.4. The molecule has 0 fully saturated rings.